The van der Waals surface area contributed by atoms with Crippen molar-refractivity contribution in [3.8, 4) is 17.0 Å². The van der Waals surface area contributed by atoms with E-state index >= 15 is 0 Å². The molecule has 10 heteroatoms. The van der Waals surface area contributed by atoms with Gasteiger partial charge in [0, 0.05) is 23.7 Å². The summed E-state index contributed by atoms with van der Waals surface area (Å²) in [6.07, 6.45) is 4.50. The van der Waals surface area contributed by atoms with Crippen LogP contribution < -0.4 is 15.4 Å². The van der Waals surface area contributed by atoms with Gasteiger partial charge in [0.05, 0.1) is 36.2 Å². The number of ether oxygens (including phenoxy) is 1. The second-order valence-electron chi connectivity index (χ2n) is 10.1. The molecule has 2 amide bonds. The molecule has 3 N–H and O–H groups in total. The number of aromatic nitrogens is 2. The number of amides is 2. The van der Waals surface area contributed by atoms with E-state index in [-0.39, 0.29) is 36.5 Å². The number of fused-ring (bicyclic) bond motifs is 1. The van der Waals surface area contributed by atoms with Crippen LogP contribution in [0.3, 0.4) is 0 Å². The Kier molecular flexibility index (Phi) is 7.99. The number of hydrogen-bond donors (Lipinski definition) is 3. The summed E-state index contributed by atoms with van der Waals surface area (Å²) in [7, 11) is 1.60. The van der Waals surface area contributed by atoms with Crippen molar-refractivity contribution in [3.05, 3.63) is 70.4 Å². The fourth-order valence-electron chi connectivity index (χ4n) is 5.13. The molecule has 2 aliphatic rings. The molecule has 2 heterocycles. The number of carbonyl (C=O) groups excluding carboxylic acids is 2. The van der Waals surface area contributed by atoms with E-state index in [1.807, 2.05) is 43.3 Å². The molecule has 1 unspecified atom stereocenters. The number of hydrogen-bond acceptors (Lipinski definition) is 7. The molecule has 1 aliphatic carbocycles. The summed E-state index contributed by atoms with van der Waals surface area (Å²) in [5.41, 5.74) is 3.53. The average Bonchev–Trinajstić information content (AvgIpc) is 3.25. The summed E-state index contributed by atoms with van der Waals surface area (Å²) in [4.78, 5) is 36.5. The van der Waals surface area contributed by atoms with Crippen molar-refractivity contribution in [2.24, 2.45) is 0 Å². The molecule has 2 aromatic carbocycles. The minimum absolute atomic E-state index is 0.0461. The van der Waals surface area contributed by atoms with Crippen molar-refractivity contribution in [1.29, 1.82) is 0 Å². The third kappa shape index (κ3) is 6.15. The summed E-state index contributed by atoms with van der Waals surface area (Å²) in [6.45, 7) is 2.20. The van der Waals surface area contributed by atoms with Crippen LogP contribution in [0.4, 0.5) is 5.95 Å². The highest BCUT2D eigenvalue weighted by Gasteiger charge is 2.30. The van der Waals surface area contributed by atoms with Crippen LogP contribution in [0.15, 0.2) is 48.7 Å². The number of benzene rings is 2. The smallest absolute Gasteiger partial charge is 0.254 e. The molecule has 39 heavy (non-hydrogen) atoms. The quantitative estimate of drug-likeness (QED) is 0.382. The van der Waals surface area contributed by atoms with Gasteiger partial charge in [-0.1, -0.05) is 35.9 Å². The Labute approximate surface area is 232 Å². The second kappa shape index (κ2) is 11.6. The van der Waals surface area contributed by atoms with Crippen LogP contribution in [0.1, 0.15) is 60.1 Å². The van der Waals surface area contributed by atoms with Gasteiger partial charge in [0.2, 0.25) is 11.9 Å². The predicted octanol–water partition coefficient (Wildman–Crippen LogP) is 4.35. The lowest BCUT2D eigenvalue weighted by molar-refractivity contribution is -0.122. The minimum atomic E-state index is -0.240. The summed E-state index contributed by atoms with van der Waals surface area (Å²) in [6, 6.07) is 13.0. The number of aliphatic hydroxyl groups is 1. The van der Waals surface area contributed by atoms with Gasteiger partial charge in [-0.2, -0.15) is 0 Å². The van der Waals surface area contributed by atoms with E-state index in [2.05, 4.69) is 20.6 Å². The van der Waals surface area contributed by atoms with E-state index in [9.17, 15) is 14.7 Å². The molecule has 1 saturated carbocycles. The van der Waals surface area contributed by atoms with Crippen molar-refractivity contribution in [2.45, 2.75) is 57.3 Å². The molecule has 1 atom stereocenters. The first-order valence-electron chi connectivity index (χ1n) is 13.1. The first-order valence-corrected chi connectivity index (χ1v) is 13.5. The van der Waals surface area contributed by atoms with Gasteiger partial charge in [-0.05, 0) is 61.9 Å². The Morgan fingerprint density at radius 3 is 2.77 bits per heavy atom. The monoisotopic (exact) mass is 549 g/mol. The first-order chi connectivity index (χ1) is 18.8. The zero-order valence-corrected chi connectivity index (χ0v) is 22.7. The molecule has 0 saturated heterocycles. The molecule has 0 radical (unpaired) electrons. The van der Waals surface area contributed by atoms with Crippen molar-refractivity contribution >= 4 is 29.4 Å². The Morgan fingerprint density at radius 2 is 2.00 bits per heavy atom. The fraction of sp³-hybridized carbons (Fsp3) is 0.379. The minimum Gasteiger partial charge on any atom is -0.497 e. The van der Waals surface area contributed by atoms with Crippen molar-refractivity contribution in [2.75, 3.05) is 19.0 Å². The van der Waals surface area contributed by atoms with Crippen LogP contribution in [0.25, 0.3) is 11.3 Å². The Hall–Kier alpha value is -3.69. The predicted molar refractivity (Wildman–Crippen MR) is 149 cm³/mol. The van der Waals surface area contributed by atoms with E-state index in [0.717, 1.165) is 42.6 Å². The zero-order valence-electron chi connectivity index (χ0n) is 22.0. The van der Waals surface area contributed by atoms with Gasteiger partial charge in [0.15, 0.2) is 0 Å². The zero-order chi connectivity index (χ0) is 27.5. The standard InChI is InChI=1S/C29H32ClN5O4/c1-17(18-4-3-5-23(12-18)39-2)32-26(37)16-35-15-20-7-6-19(13-24(20)28(35)38)27-25(30)14-31-29(34-27)33-21-8-10-22(36)11-9-21/h3-7,12-14,17,21-22,36H,8-11,15-16H2,1-2H3,(H,32,37)(H,31,33,34)/t17?,21-,22-. The lowest BCUT2D eigenvalue weighted by Crippen LogP contribution is -2.38. The van der Waals surface area contributed by atoms with E-state index in [4.69, 9.17) is 16.3 Å². The van der Waals surface area contributed by atoms with E-state index < -0.39 is 0 Å². The Morgan fingerprint density at radius 1 is 1.21 bits per heavy atom. The lowest BCUT2D eigenvalue weighted by atomic mass is 9.93. The number of aliphatic hydroxyl groups excluding tert-OH is 1. The molecule has 1 aromatic heterocycles. The molecule has 1 aliphatic heterocycles. The average molecular weight is 550 g/mol. The van der Waals surface area contributed by atoms with Crippen LogP contribution in [-0.4, -0.2) is 57.6 Å². The normalized spacial score (nSPS) is 19.4. The highest BCUT2D eigenvalue weighted by molar-refractivity contribution is 6.33. The SMILES string of the molecule is COc1cccc(C(C)NC(=O)CN2Cc3ccc(-c4nc(N[C@H]5CC[C@H](O)CC5)ncc4Cl)cc3C2=O)c1. The molecule has 0 spiro atoms. The maximum absolute atomic E-state index is 13.2. The molecule has 204 valence electrons. The van der Waals surface area contributed by atoms with E-state index in [1.165, 1.54) is 4.90 Å². The van der Waals surface area contributed by atoms with Crippen LogP contribution in [-0.2, 0) is 11.3 Å². The highest BCUT2D eigenvalue weighted by atomic mass is 35.5. The van der Waals surface area contributed by atoms with E-state index in [1.54, 1.807) is 19.4 Å². The Balaban J connectivity index is 1.25. The molecular formula is C29H32ClN5O4. The summed E-state index contributed by atoms with van der Waals surface area (Å²) < 4.78 is 5.27. The van der Waals surface area contributed by atoms with Gasteiger partial charge in [-0.25, -0.2) is 9.97 Å². The molecule has 1 fully saturated rings. The summed E-state index contributed by atoms with van der Waals surface area (Å²) >= 11 is 6.45. The van der Waals surface area contributed by atoms with Crippen molar-refractivity contribution in [1.82, 2.24) is 20.2 Å². The van der Waals surface area contributed by atoms with Crippen LogP contribution in [0.5, 0.6) is 5.75 Å². The molecule has 5 rings (SSSR count). The Bertz CT molecular complexity index is 1380. The fourth-order valence-corrected chi connectivity index (χ4v) is 5.33. The third-order valence-electron chi connectivity index (χ3n) is 7.34. The first kappa shape index (κ1) is 26.9. The number of methoxy groups -OCH3 is 1. The molecule has 9 nitrogen and oxygen atoms in total. The van der Waals surface area contributed by atoms with Gasteiger partial charge in [-0.15, -0.1) is 0 Å². The maximum Gasteiger partial charge on any atom is 0.254 e. The largest absolute Gasteiger partial charge is 0.497 e. The molecular weight excluding hydrogens is 518 g/mol. The third-order valence-corrected chi connectivity index (χ3v) is 7.62. The highest BCUT2D eigenvalue weighted by Crippen LogP contribution is 2.32. The molecule has 0 bridgehead atoms. The number of nitrogens with zero attached hydrogens (tertiary/aromatic N) is 3. The number of halogens is 1. The van der Waals surface area contributed by atoms with Gasteiger partial charge < -0.3 is 25.4 Å². The van der Waals surface area contributed by atoms with E-state index in [0.29, 0.717) is 34.3 Å². The number of carbonyl (C=O) groups is 2. The van der Waals surface area contributed by atoms with Crippen molar-refractivity contribution in [3.63, 3.8) is 0 Å². The number of nitrogens with one attached hydrogen (secondary N) is 2. The topological polar surface area (TPSA) is 117 Å². The van der Waals surface area contributed by atoms with Gasteiger partial charge in [0.25, 0.3) is 5.91 Å². The lowest BCUT2D eigenvalue weighted by Gasteiger charge is -2.26. The van der Waals surface area contributed by atoms with Crippen molar-refractivity contribution < 1.29 is 19.4 Å². The van der Waals surface area contributed by atoms with Gasteiger partial charge in [-0.3, -0.25) is 9.59 Å². The van der Waals surface area contributed by atoms with Crippen LogP contribution >= 0.6 is 11.6 Å². The number of anilines is 1. The second-order valence-corrected chi connectivity index (χ2v) is 10.5. The molecule has 3 aromatic rings. The van der Waals surface area contributed by atoms with Crippen LogP contribution in [0, 0.1) is 0 Å². The maximum atomic E-state index is 13.2. The van der Waals surface area contributed by atoms with Crippen LogP contribution in [0.2, 0.25) is 5.02 Å². The van der Waals surface area contributed by atoms with Gasteiger partial charge in [0.1, 0.15) is 12.3 Å². The van der Waals surface area contributed by atoms with Gasteiger partial charge >= 0.3 is 0 Å². The number of rotatable bonds is 8. The summed E-state index contributed by atoms with van der Waals surface area (Å²) in [5, 5.41) is 16.4. The summed E-state index contributed by atoms with van der Waals surface area (Å²) in [5.74, 6) is 0.734.